The van der Waals surface area contributed by atoms with E-state index in [0.29, 0.717) is 22.6 Å². The maximum atomic E-state index is 12.6. The van der Waals surface area contributed by atoms with Crippen molar-refractivity contribution < 1.29 is 4.79 Å². The van der Waals surface area contributed by atoms with Crippen molar-refractivity contribution in [3.63, 3.8) is 0 Å². The Balaban J connectivity index is 1.80. The first-order chi connectivity index (χ1) is 12.3. The van der Waals surface area contributed by atoms with Gasteiger partial charge in [-0.2, -0.15) is 0 Å². The van der Waals surface area contributed by atoms with E-state index in [0.717, 1.165) is 23.1 Å². The largest absolute Gasteiger partial charge is 0.383 e. The highest BCUT2D eigenvalue weighted by atomic mass is 32.2. The highest BCUT2D eigenvalue weighted by Gasteiger charge is 2.24. The molecule has 0 saturated carbocycles. The van der Waals surface area contributed by atoms with Gasteiger partial charge in [-0.25, -0.2) is 9.97 Å². The van der Waals surface area contributed by atoms with Gasteiger partial charge in [-0.15, -0.1) is 11.3 Å². The molecule has 2 N–H and O–H groups in total. The van der Waals surface area contributed by atoms with Crippen molar-refractivity contribution >= 4 is 45.0 Å². The molecule has 0 fully saturated rings. The molecular weight excluding hydrogens is 364 g/mol. The molecule has 0 saturated heterocycles. The molecule has 1 unspecified atom stereocenters. The van der Waals surface area contributed by atoms with Crippen LogP contribution in [0.4, 0.5) is 5.82 Å². The Morgan fingerprint density at radius 3 is 2.65 bits per heavy atom. The Labute approximate surface area is 163 Å². The molecule has 0 radical (unpaired) electrons. The summed E-state index contributed by atoms with van der Waals surface area (Å²) < 4.78 is 0. The van der Waals surface area contributed by atoms with Crippen LogP contribution in [0.15, 0.2) is 5.16 Å². The molecular formula is C19H28N4OS2. The van der Waals surface area contributed by atoms with E-state index in [4.69, 9.17) is 10.7 Å². The first kappa shape index (κ1) is 19.4. The number of nitrogen functional groups attached to an aromatic ring is 1. The van der Waals surface area contributed by atoms with Crippen LogP contribution < -0.4 is 5.73 Å². The topological polar surface area (TPSA) is 72.1 Å². The van der Waals surface area contributed by atoms with Gasteiger partial charge in [0.25, 0.3) is 0 Å². The SMILES string of the molecule is CC1CCc2c(sc3nc(SCC(=O)N(C(C)C)C(C)C)nc(N)c23)C1. The van der Waals surface area contributed by atoms with Crippen LogP contribution in [-0.4, -0.2) is 38.6 Å². The van der Waals surface area contributed by atoms with Gasteiger partial charge in [0.15, 0.2) is 5.16 Å². The summed E-state index contributed by atoms with van der Waals surface area (Å²) in [5, 5.41) is 1.64. The third-order valence-electron chi connectivity index (χ3n) is 4.89. The predicted molar refractivity (Wildman–Crippen MR) is 111 cm³/mol. The molecule has 0 bridgehead atoms. The molecule has 2 aromatic rings. The molecule has 3 rings (SSSR count). The summed E-state index contributed by atoms with van der Waals surface area (Å²) in [7, 11) is 0. The van der Waals surface area contributed by atoms with Crippen LogP contribution in [0.25, 0.3) is 10.2 Å². The van der Waals surface area contributed by atoms with Crippen LogP contribution >= 0.6 is 23.1 Å². The van der Waals surface area contributed by atoms with Gasteiger partial charge in [-0.3, -0.25) is 4.79 Å². The summed E-state index contributed by atoms with van der Waals surface area (Å²) in [4.78, 5) is 26.0. The van der Waals surface area contributed by atoms with Crippen molar-refractivity contribution in [2.75, 3.05) is 11.5 Å². The van der Waals surface area contributed by atoms with Gasteiger partial charge in [-0.05, 0) is 58.4 Å². The van der Waals surface area contributed by atoms with Gasteiger partial charge in [0.2, 0.25) is 5.91 Å². The number of fused-ring (bicyclic) bond motifs is 3. The van der Waals surface area contributed by atoms with Crippen LogP contribution in [0.5, 0.6) is 0 Å². The lowest BCUT2D eigenvalue weighted by molar-refractivity contribution is -0.131. The Bertz CT molecular complexity index is 807. The predicted octanol–water partition coefficient (Wildman–Crippen LogP) is 4.14. The summed E-state index contributed by atoms with van der Waals surface area (Å²) in [5.74, 6) is 1.72. The summed E-state index contributed by atoms with van der Waals surface area (Å²) in [6.07, 6.45) is 3.37. The number of nitrogens with zero attached hydrogens (tertiary/aromatic N) is 3. The molecule has 2 heterocycles. The number of carbonyl (C=O) groups excluding carboxylic acids is 1. The Hall–Kier alpha value is -1.34. The number of amides is 1. The van der Waals surface area contributed by atoms with E-state index < -0.39 is 0 Å². The highest BCUT2D eigenvalue weighted by molar-refractivity contribution is 7.99. The van der Waals surface area contributed by atoms with E-state index in [1.165, 1.54) is 28.6 Å². The number of nitrogens with two attached hydrogens (primary N) is 1. The van der Waals surface area contributed by atoms with E-state index in [9.17, 15) is 4.79 Å². The number of hydrogen-bond donors (Lipinski definition) is 1. The molecule has 2 aromatic heterocycles. The van der Waals surface area contributed by atoms with E-state index in [1.807, 2.05) is 32.6 Å². The first-order valence-corrected chi connectivity index (χ1v) is 11.1. The molecule has 1 amide bonds. The van der Waals surface area contributed by atoms with Crippen molar-refractivity contribution in [1.29, 1.82) is 0 Å². The fourth-order valence-corrected chi connectivity index (χ4v) is 5.96. The molecule has 7 heteroatoms. The molecule has 0 aliphatic heterocycles. The number of aromatic nitrogens is 2. The van der Waals surface area contributed by atoms with Gasteiger partial charge in [0.05, 0.1) is 11.1 Å². The molecule has 26 heavy (non-hydrogen) atoms. The zero-order valence-corrected chi connectivity index (χ0v) is 17.8. The average molecular weight is 393 g/mol. The lowest BCUT2D eigenvalue weighted by atomic mass is 9.89. The van der Waals surface area contributed by atoms with Gasteiger partial charge in [0, 0.05) is 17.0 Å². The summed E-state index contributed by atoms with van der Waals surface area (Å²) in [5.41, 5.74) is 7.62. The van der Waals surface area contributed by atoms with E-state index in [1.54, 1.807) is 11.3 Å². The number of aryl methyl sites for hydroxylation is 1. The summed E-state index contributed by atoms with van der Waals surface area (Å²) in [6, 6.07) is 0.366. The van der Waals surface area contributed by atoms with E-state index in [-0.39, 0.29) is 18.0 Å². The smallest absolute Gasteiger partial charge is 0.233 e. The van der Waals surface area contributed by atoms with Crippen LogP contribution in [0.1, 0.15) is 51.5 Å². The number of anilines is 1. The van der Waals surface area contributed by atoms with E-state index >= 15 is 0 Å². The lowest BCUT2D eigenvalue weighted by Crippen LogP contribution is -2.43. The molecule has 0 spiro atoms. The number of carbonyl (C=O) groups is 1. The maximum absolute atomic E-state index is 12.6. The first-order valence-electron chi connectivity index (χ1n) is 9.29. The Morgan fingerprint density at radius 2 is 2.00 bits per heavy atom. The number of rotatable bonds is 5. The van der Waals surface area contributed by atoms with Gasteiger partial charge < -0.3 is 10.6 Å². The van der Waals surface area contributed by atoms with Crippen LogP contribution in [0, 0.1) is 5.92 Å². The molecule has 0 aromatic carbocycles. The second-order valence-electron chi connectivity index (χ2n) is 7.70. The molecule has 1 atom stereocenters. The third kappa shape index (κ3) is 3.83. The minimum atomic E-state index is 0.113. The standard InChI is InChI=1S/C19H28N4OS2/c1-10(2)23(11(3)4)15(24)9-25-19-21-17(20)16-13-7-6-12(5)8-14(13)26-18(16)22-19/h10-12H,6-9H2,1-5H3,(H2,20,21,22). The average Bonchev–Trinajstić information content (AvgIpc) is 2.89. The van der Waals surface area contributed by atoms with Crippen molar-refractivity contribution in [3.05, 3.63) is 10.4 Å². The maximum Gasteiger partial charge on any atom is 0.233 e. The number of thiophene rings is 1. The second kappa shape index (κ2) is 7.72. The fraction of sp³-hybridized carbons (Fsp3) is 0.632. The minimum absolute atomic E-state index is 0.113. The summed E-state index contributed by atoms with van der Waals surface area (Å²) in [6.45, 7) is 10.5. The van der Waals surface area contributed by atoms with E-state index in [2.05, 4.69) is 11.9 Å². The Morgan fingerprint density at radius 1 is 1.31 bits per heavy atom. The zero-order valence-electron chi connectivity index (χ0n) is 16.2. The van der Waals surface area contributed by atoms with Gasteiger partial charge in [-0.1, -0.05) is 18.7 Å². The molecule has 1 aliphatic rings. The highest BCUT2D eigenvalue weighted by Crippen LogP contribution is 2.39. The molecule has 1 aliphatic carbocycles. The monoisotopic (exact) mass is 392 g/mol. The van der Waals surface area contributed by atoms with Gasteiger partial charge >= 0.3 is 0 Å². The lowest BCUT2D eigenvalue weighted by Gasteiger charge is -2.30. The van der Waals surface area contributed by atoms with Crippen LogP contribution in [0.2, 0.25) is 0 Å². The molecule has 142 valence electrons. The minimum Gasteiger partial charge on any atom is -0.383 e. The number of thioether (sulfide) groups is 1. The zero-order chi connectivity index (χ0) is 19.0. The second-order valence-corrected chi connectivity index (χ2v) is 9.73. The normalized spacial score (nSPS) is 17.1. The van der Waals surface area contributed by atoms with Crippen molar-refractivity contribution in [2.45, 2.75) is 71.1 Å². The van der Waals surface area contributed by atoms with Crippen LogP contribution in [-0.2, 0) is 17.6 Å². The van der Waals surface area contributed by atoms with Crippen molar-refractivity contribution in [3.8, 4) is 0 Å². The van der Waals surface area contributed by atoms with Crippen LogP contribution in [0.3, 0.4) is 0 Å². The number of hydrogen-bond acceptors (Lipinski definition) is 6. The van der Waals surface area contributed by atoms with Crippen molar-refractivity contribution in [1.82, 2.24) is 14.9 Å². The Kier molecular flexibility index (Phi) is 5.77. The molecule has 5 nitrogen and oxygen atoms in total. The van der Waals surface area contributed by atoms with Crippen molar-refractivity contribution in [2.24, 2.45) is 5.92 Å². The quantitative estimate of drug-likeness (QED) is 0.612. The third-order valence-corrected chi connectivity index (χ3v) is 6.87. The fourth-order valence-electron chi connectivity index (χ4n) is 3.79. The van der Waals surface area contributed by atoms with Gasteiger partial charge in [0.1, 0.15) is 10.6 Å². The summed E-state index contributed by atoms with van der Waals surface area (Å²) >= 11 is 3.12.